The standard InChI is InChI=1S/C16H23N3O3.2ClH/c1-3-4-5-14(18-10-8-17-9-11-18)13-7-6-12(2)15(16(13)20)19(21)22;;/h3,6-7,14,17,20H,1,4-5,8-11H2,2H3;2*1H/t14-;;/m0../s1. The summed E-state index contributed by atoms with van der Waals surface area (Å²) in [5, 5.41) is 24.9. The Labute approximate surface area is 154 Å². The van der Waals surface area contributed by atoms with Gasteiger partial charge in [-0.2, -0.15) is 0 Å². The van der Waals surface area contributed by atoms with Crippen LogP contribution in [0.25, 0.3) is 0 Å². The summed E-state index contributed by atoms with van der Waals surface area (Å²) in [5.74, 6) is -0.197. The number of hydrogen-bond donors (Lipinski definition) is 2. The highest BCUT2D eigenvalue weighted by Gasteiger charge is 2.28. The van der Waals surface area contributed by atoms with Gasteiger partial charge in [0.1, 0.15) is 0 Å². The summed E-state index contributed by atoms with van der Waals surface area (Å²) in [4.78, 5) is 13.0. The van der Waals surface area contributed by atoms with Gasteiger partial charge >= 0.3 is 5.69 Å². The molecule has 8 heteroatoms. The minimum Gasteiger partial charge on any atom is -0.502 e. The van der Waals surface area contributed by atoms with Gasteiger partial charge in [-0.3, -0.25) is 15.0 Å². The number of rotatable bonds is 6. The third-order valence-electron chi connectivity index (χ3n) is 4.16. The number of phenolic OH excluding ortho intramolecular Hbond substituents is 1. The Morgan fingerprint density at radius 1 is 1.42 bits per heavy atom. The van der Waals surface area contributed by atoms with E-state index in [2.05, 4.69) is 16.8 Å². The highest BCUT2D eigenvalue weighted by Crippen LogP contribution is 2.40. The first-order chi connectivity index (χ1) is 10.6. The molecule has 1 aliphatic rings. The van der Waals surface area contributed by atoms with E-state index in [0.717, 1.165) is 39.0 Å². The molecule has 136 valence electrons. The molecule has 1 aromatic rings. The van der Waals surface area contributed by atoms with Gasteiger partial charge in [0.05, 0.1) is 4.92 Å². The molecule has 0 unspecified atom stereocenters. The number of nitro groups is 1. The molecular formula is C16H25Cl2N3O3. The van der Waals surface area contributed by atoms with Gasteiger partial charge in [0.2, 0.25) is 0 Å². The lowest BCUT2D eigenvalue weighted by Gasteiger charge is -2.35. The maximum atomic E-state index is 11.2. The predicted octanol–water partition coefficient (Wildman–Crippen LogP) is 3.36. The second kappa shape index (κ2) is 10.5. The number of nitrogens with one attached hydrogen (secondary N) is 1. The molecule has 1 fully saturated rings. The third kappa shape index (κ3) is 5.08. The van der Waals surface area contributed by atoms with Crippen LogP contribution in [-0.2, 0) is 0 Å². The normalized spacial score (nSPS) is 15.7. The molecule has 1 aliphatic heterocycles. The molecule has 0 saturated carbocycles. The largest absolute Gasteiger partial charge is 0.502 e. The van der Waals surface area contributed by atoms with E-state index in [4.69, 9.17) is 0 Å². The predicted molar refractivity (Wildman–Crippen MR) is 101 cm³/mol. The zero-order valence-electron chi connectivity index (χ0n) is 13.7. The number of aromatic hydroxyl groups is 1. The molecule has 1 heterocycles. The van der Waals surface area contributed by atoms with Crippen LogP contribution in [-0.4, -0.2) is 41.1 Å². The van der Waals surface area contributed by atoms with Gasteiger partial charge in [-0.15, -0.1) is 31.4 Å². The molecule has 2 rings (SSSR count). The molecule has 0 spiro atoms. The minimum atomic E-state index is -0.503. The number of piperazine rings is 1. The lowest BCUT2D eigenvalue weighted by Crippen LogP contribution is -2.45. The Morgan fingerprint density at radius 2 is 2.04 bits per heavy atom. The van der Waals surface area contributed by atoms with Crippen molar-refractivity contribution in [3.63, 3.8) is 0 Å². The summed E-state index contributed by atoms with van der Waals surface area (Å²) in [6.07, 6.45) is 3.43. The summed E-state index contributed by atoms with van der Waals surface area (Å²) in [7, 11) is 0. The summed E-state index contributed by atoms with van der Waals surface area (Å²) >= 11 is 0. The van der Waals surface area contributed by atoms with Crippen molar-refractivity contribution in [2.75, 3.05) is 26.2 Å². The summed E-state index contributed by atoms with van der Waals surface area (Å²) < 4.78 is 0. The fraction of sp³-hybridized carbons (Fsp3) is 0.500. The van der Waals surface area contributed by atoms with E-state index in [0.29, 0.717) is 11.1 Å². The van der Waals surface area contributed by atoms with Crippen LogP contribution in [0.5, 0.6) is 5.75 Å². The molecule has 0 amide bonds. The van der Waals surface area contributed by atoms with Crippen molar-refractivity contribution >= 4 is 30.5 Å². The summed E-state index contributed by atoms with van der Waals surface area (Å²) in [5.41, 5.74) is 0.936. The number of hydrogen-bond acceptors (Lipinski definition) is 5. The van der Waals surface area contributed by atoms with Crippen molar-refractivity contribution in [3.8, 4) is 5.75 Å². The maximum absolute atomic E-state index is 11.2. The van der Waals surface area contributed by atoms with Gasteiger partial charge in [-0.1, -0.05) is 18.2 Å². The van der Waals surface area contributed by atoms with Gasteiger partial charge < -0.3 is 10.4 Å². The SMILES string of the molecule is C=CCC[C@@H](c1ccc(C)c([N+](=O)[O-])c1O)N1CCNCC1.Cl.Cl. The molecular weight excluding hydrogens is 353 g/mol. The molecule has 0 radical (unpaired) electrons. The number of nitrogens with zero attached hydrogens (tertiary/aromatic N) is 2. The Balaban J connectivity index is 0.00000264. The van der Waals surface area contributed by atoms with E-state index < -0.39 is 4.92 Å². The van der Waals surface area contributed by atoms with E-state index >= 15 is 0 Å². The molecule has 1 aromatic carbocycles. The Bertz CT molecular complexity index is 564. The zero-order chi connectivity index (χ0) is 16.1. The third-order valence-corrected chi connectivity index (χ3v) is 4.16. The van der Waals surface area contributed by atoms with Crippen molar-refractivity contribution in [1.29, 1.82) is 0 Å². The molecule has 0 bridgehead atoms. The average Bonchev–Trinajstić information content (AvgIpc) is 2.50. The van der Waals surface area contributed by atoms with E-state index in [9.17, 15) is 15.2 Å². The molecule has 0 aromatic heterocycles. The molecule has 1 saturated heterocycles. The van der Waals surface area contributed by atoms with Crippen LogP contribution in [0, 0.1) is 17.0 Å². The van der Waals surface area contributed by atoms with Crippen molar-refractivity contribution in [3.05, 3.63) is 46.0 Å². The highest BCUT2D eigenvalue weighted by molar-refractivity contribution is 5.85. The Kier molecular flexibility index (Phi) is 9.92. The van der Waals surface area contributed by atoms with Gasteiger partial charge in [-0.25, -0.2) is 0 Å². The fourth-order valence-corrected chi connectivity index (χ4v) is 3.00. The second-order valence-corrected chi connectivity index (χ2v) is 5.59. The van der Waals surface area contributed by atoms with Crippen molar-refractivity contribution in [1.82, 2.24) is 10.2 Å². The lowest BCUT2D eigenvalue weighted by molar-refractivity contribution is -0.386. The van der Waals surface area contributed by atoms with Crippen LogP contribution in [0.15, 0.2) is 24.8 Å². The van der Waals surface area contributed by atoms with E-state index in [-0.39, 0.29) is 42.3 Å². The van der Waals surface area contributed by atoms with Crippen molar-refractivity contribution in [2.45, 2.75) is 25.8 Å². The minimum absolute atomic E-state index is 0. The highest BCUT2D eigenvalue weighted by atomic mass is 35.5. The van der Waals surface area contributed by atoms with Gasteiger partial charge in [0.15, 0.2) is 5.75 Å². The smallest absolute Gasteiger partial charge is 0.313 e. The van der Waals surface area contributed by atoms with Crippen LogP contribution in [0.2, 0.25) is 0 Å². The lowest BCUT2D eigenvalue weighted by atomic mass is 9.96. The summed E-state index contributed by atoms with van der Waals surface area (Å²) in [6.45, 7) is 8.90. The van der Waals surface area contributed by atoms with Crippen LogP contribution in [0.3, 0.4) is 0 Å². The number of aryl methyl sites for hydroxylation is 1. The first-order valence-corrected chi connectivity index (χ1v) is 7.58. The average molecular weight is 378 g/mol. The van der Waals surface area contributed by atoms with E-state index in [1.54, 1.807) is 13.0 Å². The number of benzene rings is 1. The molecule has 1 atom stereocenters. The first-order valence-electron chi connectivity index (χ1n) is 7.58. The van der Waals surface area contributed by atoms with Gasteiger partial charge in [0, 0.05) is 43.3 Å². The number of allylic oxidation sites excluding steroid dienone is 1. The first kappa shape index (κ1) is 22.7. The second-order valence-electron chi connectivity index (χ2n) is 5.59. The molecule has 24 heavy (non-hydrogen) atoms. The Morgan fingerprint density at radius 3 is 2.58 bits per heavy atom. The Hall–Kier alpha value is -1.34. The quantitative estimate of drug-likeness (QED) is 0.451. The van der Waals surface area contributed by atoms with Crippen molar-refractivity contribution in [2.24, 2.45) is 0 Å². The zero-order valence-corrected chi connectivity index (χ0v) is 15.4. The number of halogens is 2. The van der Waals surface area contributed by atoms with Gasteiger partial charge in [-0.05, 0) is 19.8 Å². The van der Waals surface area contributed by atoms with E-state index in [1.807, 2.05) is 12.1 Å². The van der Waals surface area contributed by atoms with Crippen LogP contribution in [0.4, 0.5) is 5.69 Å². The molecule has 0 aliphatic carbocycles. The van der Waals surface area contributed by atoms with Crippen LogP contribution < -0.4 is 5.32 Å². The molecule has 6 nitrogen and oxygen atoms in total. The van der Waals surface area contributed by atoms with Gasteiger partial charge in [0.25, 0.3) is 0 Å². The summed E-state index contributed by atoms with van der Waals surface area (Å²) in [6, 6.07) is 3.50. The topological polar surface area (TPSA) is 78.6 Å². The number of nitro benzene ring substituents is 1. The molecule has 2 N–H and O–H groups in total. The van der Waals surface area contributed by atoms with Crippen molar-refractivity contribution < 1.29 is 10.0 Å². The van der Waals surface area contributed by atoms with Crippen LogP contribution >= 0.6 is 24.8 Å². The van der Waals surface area contributed by atoms with Crippen LogP contribution in [0.1, 0.15) is 30.0 Å². The number of phenols is 1. The monoisotopic (exact) mass is 377 g/mol. The fourth-order valence-electron chi connectivity index (χ4n) is 3.00. The maximum Gasteiger partial charge on any atom is 0.313 e. The van der Waals surface area contributed by atoms with E-state index in [1.165, 1.54) is 0 Å².